The van der Waals surface area contributed by atoms with E-state index in [4.69, 9.17) is 16.3 Å². The number of para-hydroxylation sites is 1. The Morgan fingerprint density at radius 3 is 2.74 bits per heavy atom. The third-order valence-corrected chi connectivity index (χ3v) is 4.55. The molecule has 1 saturated heterocycles. The van der Waals surface area contributed by atoms with E-state index in [0.717, 1.165) is 11.3 Å². The average molecular weight is 387 g/mol. The summed E-state index contributed by atoms with van der Waals surface area (Å²) in [7, 11) is 0. The minimum absolute atomic E-state index is 0.0725. The maximum absolute atomic E-state index is 12.3. The number of aryl methyl sites for hydroxylation is 1. The van der Waals surface area contributed by atoms with Crippen LogP contribution in [-0.2, 0) is 19.1 Å². The fourth-order valence-corrected chi connectivity index (χ4v) is 3.17. The number of hydrogen-bond donors (Lipinski definition) is 1. The summed E-state index contributed by atoms with van der Waals surface area (Å²) in [6, 6.07) is 14.2. The Bertz CT molecular complexity index is 884. The lowest BCUT2D eigenvalue weighted by atomic mass is 10.1. The van der Waals surface area contributed by atoms with E-state index in [1.54, 1.807) is 29.2 Å². The highest BCUT2D eigenvalue weighted by Gasteiger charge is 2.36. The number of benzene rings is 2. The Morgan fingerprint density at radius 1 is 1.22 bits per heavy atom. The first-order valence-corrected chi connectivity index (χ1v) is 8.90. The summed E-state index contributed by atoms with van der Waals surface area (Å²) >= 11 is 5.86. The van der Waals surface area contributed by atoms with Crippen LogP contribution in [0.15, 0.2) is 48.5 Å². The van der Waals surface area contributed by atoms with E-state index < -0.39 is 24.4 Å². The van der Waals surface area contributed by atoms with Gasteiger partial charge in [0.15, 0.2) is 6.61 Å². The summed E-state index contributed by atoms with van der Waals surface area (Å²) in [6.07, 6.45) is 0.0725. The van der Waals surface area contributed by atoms with Crippen LogP contribution in [0, 0.1) is 12.8 Å². The van der Waals surface area contributed by atoms with Gasteiger partial charge >= 0.3 is 5.97 Å². The quantitative estimate of drug-likeness (QED) is 0.801. The Labute approximate surface area is 162 Å². The van der Waals surface area contributed by atoms with Crippen molar-refractivity contribution in [2.24, 2.45) is 5.92 Å². The number of ether oxygens (including phenoxy) is 1. The highest BCUT2D eigenvalue weighted by molar-refractivity contribution is 6.30. The Kier molecular flexibility index (Phi) is 5.76. The molecule has 2 aromatic rings. The lowest BCUT2D eigenvalue weighted by Gasteiger charge is -2.18. The van der Waals surface area contributed by atoms with Gasteiger partial charge in [0.2, 0.25) is 5.91 Å². The molecular formula is C20H19ClN2O4. The van der Waals surface area contributed by atoms with Crippen molar-refractivity contribution in [3.8, 4) is 0 Å². The minimum atomic E-state index is -0.587. The molecule has 140 valence electrons. The molecule has 2 amide bonds. The number of nitrogens with one attached hydrogen (secondary N) is 1. The van der Waals surface area contributed by atoms with E-state index in [9.17, 15) is 14.4 Å². The zero-order chi connectivity index (χ0) is 19.4. The van der Waals surface area contributed by atoms with Crippen molar-refractivity contribution in [1.82, 2.24) is 0 Å². The molecule has 0 spiro atoms. The number of carbonyl (C=O) groups excluding carboxylic acids is 3. The molecule has 0 saturated carbocycles. The van der Waals surface area contributed by atoms with Gasteiger partial charge in [-0.1, -0.05) is 35.9 Å². The predicted molar refractivity (Wildman–Crippen MR) is 103 cm³/mol. The van der Waals surface area contributed by atoms with Gasteiger partial charge in [0.25, 0.3) is 5.91 Å². The number of amides is 2. The first kappa shape index (κ1) is 18.9. The van der Waals surface area contributed by atoms with Gasteiger partial charge in [-0.15, -0.1) is 0 Å². The molecule has 27 heavy (non-hydrogen) atoms. The second kappa shape index (κ2) is 8.22. The standard InChI is InChI=1S/C20H19ClN2O4/c1-13-5-2-3-8-17(13)23-11-14(9-19(23)25)20(26)27-12-18(24)22-16-7-4-6-15(21)10-16/h2-8,10,14H,9,11-12H2,1H3,(H,22,24)/t14-/m1/s1. The van der Waals surface area contributed by atoms with Crippen LogP contribution in [0.2, 0.25) is 5.02 Å². The van der Waals surface area contributed by atoms with Gasteiger partial charge in [0.05, 0.1) is 5.92 Å². The molecule has 1 N–H and O–H groups in total. The van der Waals surface area contributed by atoms with E-state index in [1.807, 2.05) is 31.2 Å². The van der Waals surface area contributed by atoms with Gasteiger partial charge in [-0.05, 0) is 36.8 Å². The summed E-state index contributed by atoms with van der Waals surface area (Å²) in [5, 5.41) is 3.09. The van der Waals surface area contributed by atoms with Crippen LogP contribution in [-0.4, -0.2) is 30.9 Å². The third kappa shape index (κ3) is 4.65. The van der Waals surface area contributed by atoms with Crippen LogP contribution in [0.4, 0.5) is 11.4 Å². The van der Waals surface area contributed by atoms with Gasteiger partial charge in [0, 0.05) is 29.4 Å². The molecule has 0 aliphatic carbocycles. The largest absolute Gasteiger partial charge is 0.455 e. The first-order valence-electron chi connectivity index (χ1n) is 8.52. The molecule has 1 aliphatic rings. The fourth-order valence-electron chi connectivity index (χ4n) is 2.98. The van der Waals surface area contributed by atoms with Crippen molar-refractivity contribution in [1.29, 1.82) is 0 Å². The Balaban J connectivity index is 1.53. The molecule has 0 radical (unpaired) electrons. The van der Waals surface area contributed by atoms with Gasteiger partial charge in [-0.3, -0.25) is 14.4 Å². The van der Waals surface area contributed by atoms with E-state index in [2.05, 4.69) is 5.32 Å². The number of carbonyl (C=O) groups is 3. The van der Waals surface area contributed by atoms with E-state index in [1.165, 1.54) is 0 Å². The second-order valence-electron chi connectivity index (χ2n) is 6.36. The molecule has 7 heteroatoms. The van der Waals surface area contributed by atoms with Crippen LogP contribution in [0.5, 0.6) is 0 Å². The SMILES string of the molecule is Cc1ccccc1N1C[C@H](C(=O)OCC(=O)Nc2cccc(Cl)c2)CC1=O. The highest BCUT2D eigenvalue weighted by Crippen LogP contribution is 2.28. The molecule has 0 aromatic heterocycles. The van der Waals surface area contributed by atoms with Crippen LogP contribution < -0.4 is 10.2 Å². The number of anilines is 2. The smallest absolute Gasteiger partial charge is 0.311 e. The lowest BCUT2D eigenvalue weighted by molar-refractivity contribution is -0.151. The van der Waals surface area contributed by atoms with Crippen LogP contribution in [0.1, 0.15) is 12.0 Å². The fraction of sp³-hybridized carbons (Fsp3) is 0.250. The molecule has 3 rings (SSSR count). The predicted octanol–water partition coefficient (Wildman–Crippen LogP) is 3.18. The van der Waals surface area contributed by atoms with Crippen molar-refractivity contribution in [2.75, 3.05) is 23.4 Å². The molecule has 1 fully saturated rings. The third-order valence-electron chi connectivity index (χ3n) is 4.32. The summed E-state index contributed by atoms with van der Waals surface area (Å²) in [6.45, 7) is 1.74. The normalized spacial score (nSPS) is 16.3. The average Bonchev–Trinajstić information content (AvgIpc) is 3.02. The minimum Gasteiger partial charge on any atom is -0.455 e. The number of esters is 1. The van der Waals surface area contributed by atoms with Gasteiger partial charge in [0.1, 0.15) is 0 Å². The molecular weight excluding hydrogens is 368 g/mol. The first-order chi connectivity index (χ1) is 12.9. The van der Waals surface area contributed by atoms with Crippen molar-refractivity contribution >= 4 is 40.8 Å². The second-order valence-corrected chi connectivity index (χ2v) is 6.79. The maximum Gasteiger partial charge on any atom is 0.311 e. The van der Waals surface area contributed by atoms with Crippen molar-refractivity contribution in [3.63, 3.8) is 0 Å². The van der Waals surface area contributed by atoms with E-state index in [-0.39, 0.29) is 18.9 Å². The summed E-state index contributed by atoms with van der Waals surface area (Å²) in [5.41, 5.74) is 2.27. The summed E-state index contributed by atoms with van der Waals surface area (Å²) in [5.74, 6) is -1.74. The Morgan fingerprint density at radius 2 is 2.00 bits per heavy atom. The molecule has 0 bridgehead atoms. The van der Waals surface area contributed by atoms with Crippen molar-refractivity contribution in [3.05, 3.63) is 59.1 Å². The summed E-state index contributed by atoms with van der Waals surface area (Å²) < 4.78 is 5.09. The molecule has 1 atom stereocenters. The van der Waals surface area contributed by atoms with Gasteiger partial charge in [-0.25, -0.2) is 0 Å². The van der Waals surface area contributed by atoms with Crippen molar-refractivity contribution < 1.29 is 19.1 Å². The number of rotatable bonds is 5. The van der Waals surface area contributed by atoms with E-state index in [0.29, 0.717) is 10.7 Å². The van der Waals surface area contributed by atoms with Gasteiger partial charge in [-0.2, -0.15) is 0 Å². The summed E-state index contributed by atoms with van der Waals surface area (Å²) in [4.78, 5) is 38.1. The van der Waals surface area contributed by atoms with Crippen LogP contribution >= 0.6 is 11.6 Å². The number of nitrogens with zero attached hydrogens (tertiary/aromatic N) is 1. The molecule has 2 aromatic carbocycles. The van der Waals surface area contributed by atoms with Crippen LogP contribution in [0.25, 0.3) is 0 Å². The molecule has 1 aliphatic heterocycles. The molecule has 1 heterocycles. The number of halogens is 1. The maximum atomic E-state index is 12.3. The monoisotopic (exact) mass is 386 g/mol. The van der Waals surface area contributed by atoms with Crippen LogP contribution in [0.3, 0.4) is 0 Å². The Hall–Kier alpha value is -2.86. The topological polar surface area (TPSA) is 75.7 Å². The molecule has 6 nitrogen and oxygen atoms in total. The zero-order valence-electron chi connectivity index (χ0n) is 14.8. The molecule has 0 unspecified atom stereocenters. The van der Waals surface area contributed by atoms with Crippen molar-refractivity contribution in [2.45, 2.75) is 13.3 Å². The number of hydrogen-bond acceptors (Lipinski definition) is 4. The van der Waals surface area contributed by atoms with Gasteiger partial charge < -0.3 is 15.0 Å². The zero-order valence-corrected chi connectivity index (χ0v) is 15.5. The lowest BCUT2D eigenvalue weighted by Crippen LogP contribution is -2.28. The highest BCUT2D eigenvalue weighted by atomic mass is 35.5. The van der Waals surface area contributed by atoms with E-state index >= 15 is 0 Å².